The number of benzene rings is 4. The maximum atomic E-state index is 13.0. The number of aromatic nitrogens is 1. The number of ether oxygens (including phenoxy) is 1. The Morgan fingerprint density at radius 3 is 2.31 bits per heavy atom. The third-order valence-corrected chi connectivity index (χ3v) is 6.96. The smallest absolute Gasteiger partial charge is 0.338 e. The summed E-state index contributed by atoms with van der Waals surface area (Å²) in [7, 11) is 0. The fourth-order valence-corrected chi connectivity index (χ4v) is 4.89. The van der Waals surface area contributed by atoms with Gasteiger partial charge >= 0.3 is 5.97 Å². The van der Waals surface area contributed by atoms with Crippen molar-refractivity contribution in [2.45, 2.75) is 32.9 Å². The predicted octanol–water partition coefficient (Wildman–Crippen LogP) is 7.41. The van der Waals surface area contributed by atoms with Crippen LogP contribution in [0, 0.1) is 0 Å². The molecule has 5 aromatic rings. The molecule has 4 aromatic carbocycles. The van der Waals surface area contributed by atoms with Gasteiger partial charge in [-0.25, -0.2) is 4.79 Å². The number of nitrogens with zero attached hydrogens (tertiary/aromatic N) is 1. The quantitative estimate of drug-likeness (QED) is 0.208. The maximum Gasteiger partial charge on any atom is 0.338 e. The minimum absolute atomic E-state index is 0.0207. The number of esters is 1. The highest BCUT2D eigenvalue weighted by atomic mass is 16.5. The van der Waals surface area contributed by atoms with E-state index in [0.717, 1.165) is 39.6 Å². The van der Waals surface area contributed by atoms with Crippen molar-refractivity contribution in [1.82, 2.24) is 9.88 Å². The van der Waals surface area contributed by atoms with Gasteiger partial charge in [-0.2, -0.15) is 0 Å². The van der Waals surface area contributed by atoms with Gasteiger partial charge in [0, 0.05) is 29.2 Å². The Hall–Kier alpha value is -4.64. The molecule has 5 heteroatoms. The van der Waals surface area contributed by atoms with Gasteiger partial charge in [0.1, 0.15) is 0 Å². The number of nitrogens with one attached hydrogen (secondary N) is 1. The van der Waals surface area contributed by atoms with E-state index >= 15 is 0 Å². The number of amides is 1. The number of hydrogen-bond acceptors (Lipinski definition) is 3. The van der Waals surface area contributed by atoms with Crippen LogP contribution in [0.5, 0.6) is 0 Å². The first-order valence-corrected chi connectivity index (χ1v) is 13.4. The van der Waals surface area contributed by atoms with Crippen LogP contribution < -0.4 is 5.32 Å². The molecule has 0 saturated heterocycles. The lowest BCUT2D eigenvalue weighted by atomic mass is 10.0. The third kappa shape index (κ3) is 5.93. The van der Waals surface area contributed by atoms with Gasteiger partial charge in [-0.15, -0.1) is 0 Å². The molecule has 0 radical (unpaired) electrons. The van der Waals surface area contributed by atoms with E-state index in [1.807, 2.05) is 60.7 Å². The van der Waals surface area contributed by atoms with Gasteiger partial charge in [0.2, 0.25) is 0 Å². The average Bonchev–Trinajstić information content (AvgIpc) is 3.38. The topological polar surface area (TPSA) is 60.3 Å². The standard InChI is InChI=1S/C34H32N2O3/c1-3-31(26-10-6-5-7-11-26)35-33(37)30-17-18-32-29(22-30)19-20-36(32)23-24-9-8-12-28(21-24)25-13-15-27(16-14-25)34(38)39-4-2/h5-22,31H,3-4,23H2,1-2H3,(H,35,37). The van der Waals surface area contributed by atoms with E-state index < -0.39 is 0 Å². The molecule has 5 nitrogen and oxygen atoms in total. The van der Waals surface area contributed by atoms with Crippen LogP contribution in [-0.4, -0.2) is 23.1 Å². The van der Waals surface area contributed by atoms with Crippen molar-refractivity contribution in [3.05, 3.63) is 132 Å². The molecule has 0 spiro atoms. The van der Waals surface area contributed by atoms with E-state index in [-0.39, 0.29) is 17.9 Å². The summed E-state index contributed by atoms with van der Waals surface area (Å²) in [6.45, 7) is 4.94. The van der Waals surface area contributed by atoms with Crippen molar-refractivity contribution in [2.75, 3.05) is 6.61 Å². The zero-order chi connectivity index (χ0) is 27.2. The first-order chi connectivity index (χ1) is 19.1. The van der Waals surface area contributed by atoms with Crippen LogP contribution in [0.25, 0.3) is 22.0 Å². The molecule has 196 valence electrons. The molecule has 0 saturated carbocycles. The maximum absolute atomic E-state index is 13.0. The summed E-state index contributed by atoms with van der Waals surface area (Å²) in [5, 5.41) is 4.21. The van der Waals surface area contributed by atoms with Crippen molar-refractivity contribution < 1.29 is 14.3 Å². The molecule has 39 heavy (non-hydrogen) atoms. The highest BCUT2D eigenvalue weighted by Crippen LogP contribution is 2.24. The Kier molecular flexibility index (Phi) is 7.88. The molecule has 5 rings (SSSR count). The lowest BCUT2D eigenvalue weighted by Gasteiger charge is -2.17. The van der Waals surface area contributed by atoms with Crippen molar-refractivity contribution >= 4 is 22.8 Å². The summed E-state index contributed by atoms with van der Waals surface area (Å²) in [4.78, 5) is 25.0. The highest BCUT2D eigenvalue weighted by molar-refractivity contribution is 5.98. The van der Waals surface area contributed by atoms with E-state index in [1.54, 1.807) is 19.1 Å². The lowest BCUT2D eigenvalue weighted by molar-refractivity contribution is 0.0526. The van der Waals surface area contributed by atoms with Gasteiger partial charge in [0.15, 0.2) is 0 Å². The number of fused-ring (bicyclic) bond motifs is 1. The number of rotatable bonds is 9. The van der Waals surface area contributed by atoms with E-state index in [1.165, 1.54) is 0 Å². The van der Waals surface area contributed by atoms with Crippen LogP contribution >= 0.6 is 0 Å². The summed E-state index contributed by atoms with van der Waals surface area (Å²) < 4.78 is 7.28. The van der Waals surface area contributed by atoms with E-state index in [9.17, 15) is 9.59 Å². The molecule has 0 fully saturated rings. The molecule has 0 aliphatic carbocycles. The number of carbonyl (C=O) groups is 2. The Morgan fingerprint density at radius 1 is 0.795 bits per heavy atom. The number of carbonyl (C=O) groups excluding carboxylic acids is 2. The number of hydrogen-bond donors (Lipinski definition) is 1. The molecule has 1 N–H and O–H groups in total. The van der Waals surface area contributed by atoms with Crippen LogP contribution in [0.1, 0.15) is 58.2 Å². The molecule has 1 heterocycles. The largest absolute Gasteiger partial charge is 0.462 e. The van der Waals surface area contributed by atoms with Crippen LogP contribution in [0.15, 0.2) is 109 Å². The van der Waals surface area contributed by atoms with Gasteiger partial charge in [0.05, 0.1) is 18.2 Å². The molecule has 1 aromatic heterocycles. The van der Waals surface area contributed by atoms with Gasteiger partial charge in [-0.1, -0.05) is 67.6 Å². The zero-order valence-electron chi connectivity index (χ0n) is 22.3. The van der Waals surface area contributed by atoms with Crippen LogP contribution in [0.2, 0.25) is 0 Å². The summed E-state index contributed by atoms with van der Waals surface area (Å²) in [6, 6.07) is 33.9. The van der Waals surface area contributed by atoms with Gasteiger partial charge in [-0.3, -0.25) is 4.79 Å². The third-order valence-electron chi connectivity index (χ3n) is 6.96. The molecule has 1 unspecified atom stereocenters. The van der Waals surface area contributed by atoms with Crippen LogP contribution in [0.4, 0.5) is 0 Å². The van der Waals surface area contributed by atoms with E-state index in [2.05, 4.69) is 53.3 Å². The molecule has 0 bridgehead atoms. The second kappa shape index (κ2) is 11.8. The van der Waals surface area contributed by atoms with Crippen LogP contribution in [-0.2, 0) is 11.3 Å². The summed E-state index contributed by atoms with van der Waals surface area (Å²) >= 11 is 0. The summed E-state index contributed by atoms with van der Waals surface area (Å²) in [6.07, 6.45) is 2.88. The van der Waals surface area contributed by atoms with Gasteiger partial charge in [0.25, 0.3) is 5.91 Å². The fourth-order valence-electron chi connectivity index (χ4n) is 4.89. The zero-order valence-corrected chi connectivity index (χ0v) is 22.3. The Morgan fingerprint density at radius 2 is 1.56 bits per heavy atom. The van der Waals surface area contributed by atoms with E-state index in [0.29, 0.717) is 24.3 Å². The van der Waals surface area contributed by atoms with Gasteiger partial charge in [-0.05, 0) is 78.1 Å². The minimum atomic E-state index is -0.306. The van der Waals surface area contributed by atoms with Gasteiger partial charge < -0.3 is 14.6 Å². The molecule has 1 atom stereocenters. The molecule has 0 aliphatic rings. The Balaban J connectivity index is 1.31. The summed E-state index contributed by atoms with van der Waals surface area (Å²) in [5.41, 5.74) is 6.68. The molecule has 0 aliphatic heterocycles. The first kappa shape index (κ1) is 26.0. The monoisotopic (exact) mass is 516 g/mol. The van der Waals surface area contributed by atoms with Crippen molar-refractivity contribution in [3.63, 3.8) is 0 Å². The SMILES string of the molecule is CCOC(=O)c1ccc(-c2cccc(Cn3ccc4cc(C(=O)NC(CC)c5ccccc5)ccc43)c2)cc1. The van der Waals surface area contributed by atoms with Crippen LogP contribution in [0.3, 0.4) is 0 Å². The predicted molar refractivity (Wildman–Crippen MR) is 156 cm³/mol. The lowest BCUT2D eigenvalue weighted by Crippen LogP contribution is -2.28. The Bertz CT molecular complexity index is 1590. The minimum Gasteiger partial charge on any atom is -0.462 e. The average molecular weight is 517 g/mol. The fraction of sp³-hybridized carbons (Fsp3) is 0.176. The first-order valence-electron chi connectivity index (χ1n) is 13.4. The second-order valence-corrected chi connectivity index (χ2v) is 9.56. The van der Waals surface area contributed by atoms with E-state index in [4.69, 9.17) is 4.74 Å². The molecular weight excluding hydrogens is 484 g/mol. The Labute approximate surface area is 229 Å². The molecular formula is C34H32N2O3. The van der Waals surface area contributed by atoms with Crippen molar-refractivity contribution in [3.8, 4) is 11.1 Å². The second-order valence-electron chi connectivity index (χ2n) is 9.56. The molecule has 1 amide bonds. The normalized spacial score (nSPS) is 11.7. The highest BCUT2D eigenvalue weighted by Gasteiger charge is 2.15. The van der Waals surface area contributed by atoms with Crippen molar-refractivity contribution in [2.24, 2.45) is 0 Å². The van der Waals surface area contributed by atoms with Crippen molar-refractivity contribution in [1.29, 1.82) is 0 Å². The summed E-state index contributed by atoms with van der Waals surface area (Å²) in [5.74, 6) is -0.374.